The summed E-state index contributed by atoms with van der Waals surface area (Å²) < 4.78 is 5.97. The van der Waals surface area contributed by atoms with Crippen LogP contribution in [-0.4, -0.2) is 6.61 Å². The number of rotatable bonds is 2. The fraction of sp³-hybridized carbons (Fsp3) is 0.154. The van der Waals surface area contributed by atoms with Gasteiger partial charge in [0.15, 0.2) is 0 Å². The zero-order chi connectivity index (χ0) is 18.4. The predicted octanol–water partition coefficient (Wildman–Crippen LogP) is 6.55. The molecule has 1 heteroatoms. The first-order chi connectivity index (χ1) is 13.2. The molecule has 0 amide bonds. The summed E-state index contributed by atoms with van der Waals surface area (Å²) in [5.41, 5.74) is 11.8. The van der Waals surface area contributed by atoms with Crippen LogP contribution in [0.2, 0.25) is 0 Å². The Labute approximate surface area is 160 Å². The Hall–Kier alpha value is -3.06. The zero-order valence-corrected chi connectivity index (χ0v) is 15.8. The van der Waals surface area contributed by atoms with Crippen molar-refractivity contribution < 1.29 is 4.74 Å². The quantitative estimate of drug-likeness (QED) is 0.509. The van der Waals surface area contributed by atoms with Gasteiger partial charge >= 0.3 is 0 Å². The number of benzene rings is 3. The molecule has 0 radical (unpaired) electrons. The number of ether oxygens (including phenoxy) is 1. The van der Waals surface area contributed by atoms with Crippen LogP contribution < -0.4 is 4.74 Å². The minimum absolute atomic E-state index is 0.749. The molecule has 3 aromatic rings. The maximum Gasteiger partial charge on any atom is 0.127 e. The van der Waals surface area contributed by atoms with Gasteiger partial charge in [-0.3, -0.25) is 0 Å². The Morgan fingerprint density at radius 1 is 0.815 bits per heavy atom. The van der Waals surface area contributed by atoms with Crippen molar-refractivity contribution in [3.8, 4) is 5.75 Å². The average Bonchev–Trinajstić information content (AvgIpc) is 3.00. The minimum Gasteiger partial charge on any atom is -0.493 e. The lowest BCUT2D eigenvalue weighted by atomic mass is 9.93. The normalized spacial score (nSPS) is 16.4. The lowest BCUT2D eigenvalue weighted by Crippen LogP contribution is -2.07. The molecule has 132 valence electrons. The predicted molar refractivity (Wildman–Crippen MR) is 114 cm³/mol. The topological polar surface area (TPSA) is 9.23 Å². The van der Waals surface area contributed by atoms with Crippen LogP contribution in [0.15, 0.2) is 66.7 Å². The first-order valence-electron chi connectivity index (χ1n) is 9.56. The highest BCUT2D eigenvalue weighted by Gasteiger charge is 2.32. The highest BCUT2D eigenvalue weighted by molar-refractivity contribution is 6.25. The summed E-state index contributed by atoms with van der Waals surface area (Å²) in [5, 5.41) is 0. The molecular formula is C26H22O. The molecule has 1 aliphatic carbocycles. The maximum atomic E-state index is 5.97. The second-order valence-electron chi connectivity index (χ2n) is 7.47. The summed E-state index contributed by atoms with van der Waals surface area (Å²) >= 11 is 0. The van der Waals surface area contributed by atoms with Gasteiger partial charge in [0.2, 0.25) is 0 Å². The SMILES string of the molecule is Cc1ccc(/C=C2/C(c3ccc(C)cc3)=C3CCOc4cccc2c43)cc1. The van der Waals surface area contributed by atoms with Crippen LogP contribution in [0.25, 0.3) is 22.8 Å². The van der Waals surface area contributed by atoms with E-state index in [1.807, 2.05) is 0 Å². The van der Waals surface area contributed by atoms with Crippen LogP contribution in [0.1, 0.15) is 39.8 Å². The summed E-state index contributed by atoms with van der Waals surface area (Å²) in [6, 6.07) is 24.1. The van der Waals surface area contributed by atoms with Crippen LogP contribution in [0, 0.1) is 13.8 Å². The van der Waals surface area contributed by atoms with Gasteiger partial charge in [0, 0.05) is 12.0 Å². The molecule has 0 unspecified atom stereocenters. The standard InChI is InChI=1S/C26H22O/c1-17-6-10-19(11-7-17)16-23-21-4-3-5-24-26(21)22(14-15-27-24)25(23)20-12-8-18(2)9-13-20/h3-13,16H,14-15H2,1-2H3/b23-16+. The van der Waals surface area contributed by atoms with E-state index in [9.17, 15) is 0 Å². The summed E-state index contributed by atoms with van der Waals surface area (Å²) in [6.07, 6.45) is 3.29. The molecule has 0 aromatic heterocycles. The minimum atomic E-state index is 0.749. The van der Waals surface area contributed by atoms with Crippen molar-refractivity contribution in [2.45, 2.75) is 20.3 Å². The maximum absolute atomic E-state index is 5.97. The Balaban J connectivity index is 1.77. The second-order valence-corrected chi connectivity index (χ2v) is 7.47. The Kier molecular flexibility index (Phi) is 3.75. The zero-order valence-electron chi connectivity index (χ0n) is 15.8. The van der Waals surface area contributed by atoms with Gasteiger partial charge in [0.25, 0.3) is 0 Å². The first-order valence-corrected chi connectivity index (χ1v) is 9.56. The summed E-state index contributed by atoms with van der Waals surface area (Å²) in [4.78, 5) is 0. The molecule has 0 N–H and O–H groups in total. The van der Waals surface area contributed by atoms with E-state index >= 15 is 0 Å². The molecule has 0 spiro atoms. The number of aryl methyl sites for hydroxylation is 2. The Morgan fingerprint density at radius 3 is 2.26 bits per heavy atom. The van der Waals surface area contributed by atoms with Crippen molar-refractivity contribution in [3.05, 3.63) is 100 Å². The van der Waals surface area contributed by atoms with Crippen LogP contribution in [0.4, 0.5) is 0 Å². The molecule has 27 heavy (non-hydrogen) atoms. The van der Waals surface area contributed by atoms with Crippen molar-refractivity contribution in [3.63, 3.8) is 0 Å². The van der Waals surface area contributed by atoms with Gasteiger partial charge in [-0.05, 0) is 59.4 Å². The summed E-state index contributed by atoms with van der Waals surface area (Å²) in [7, 11) is 0. The molecule has 0 fully saturated rings. The van der Waals surface area contributed by atoms with Crippen molar-refractivity contribution >= 4 is 22.8 Å². The first kappa shape index (κ1) is 16.1. The summed E-state index contributed by atoms with van der Waals surface area (Å²) in [6.45, 7) is 5.02. The van der Waals surface area contributed by atoms with Crippen molar-refractivity contribution in [1.82, 2.24) is 0 Å². The van der Waals surface area contributed by atoms with Gasteiger partial charge in [-0.15, -0.1) is 0 Å². The fourth-order valence-corrected chi connectivity index (χ4v) is 4.15. The number of hydrogen-bond acceptors (Lipinski definition) is 1. The molecule has 0 saturated heterocycles. The molecule has 3 aromatic carbocycles. The molecular weight excluding hydrogens is 328 g/mol. The lowest BCUT2D eigenvalue weighted by molar-refractivity contribution is 0.317. The molecule has 1 heterocycles. The van der Waals surface area contributed by atoms with Crippen LogP contribution in [-0.2, 0) is 0 Å². The van der Waals surface area contributed by atoms with Crippen LogP contribution >= 0.6 is 0 Å². The fourth-order valence-electron chi connectivity index (χ4n) is 4.15. The van der Waals surface area contributed by atoms with Gasteiger partial charge in [0.1, 0.15) is 5.75 Å². The second kappa shape index (κ2) is 6.28. The van der Waals surface area contributed by atoms with Gasteiger partial charge in [-0.2, -0.15) is 0 Å². The third-order valence-corrected chi connectivity index (χ3v) is 5.53. The summed E-state index contributed by atoms with van der Waals surface area (Å²) in [5.74, 6) is 1.02. The van der Waals surface area contributed by atoms with Crippen molar-refractivity contribution in [2.75, 3.05) is 6.61 Å². The average molecular weight is 350 g/mol. The van der Waals surface area contributed by atoms with Crippen molar-refractivity contribution in [2.24, 2.45) is 0 Å². The smallest absolute Gasteiger partial charge is 0.127 e. The highest BCUT2D eigenvalue weighted by atomic mass is 16.5. The Morgan fingerprint density at radius 2 is 1.52 bits per heavy atom. The number of allylic oxidation sites excluding steroid dienone is 2. The Bertz CT molecular complexity index is 1080. The van der Waals surface area contributed by atoms with E-state index in [4.69, 9.17) is 4.74 Å². The van der Waals surface area contributed by atoms with E-state index in [-0.39, 0.29) is 0 Å². The molecule has 1 aliphatic heterocycles. The molecule has 5 rings (SSSR count). The highest BCUT2D eigenvalue weighted by Crippen LogP contribution is 2.53. The third kappa shape index (κ3) is 2.71. The molecule has 0 bridgehead atoms. The van der Waals surface area contributed by atoms with Gasteiger partial charge in [-0.25, -0.2) is 0 Å². The van der Waals surface area contributed by atoms with E-state index in [1.54, 1.807) is 0 Å². The van der Waals surface area contributed by atoms with Gasteiger partial charge in [0.05, 0.1) is 6.61 Å². The third-order valence-electron chi connectivity index (χ3n) is 5.53. The monoisotopic (exact) mass is 350 g/mol. The van der Waals surface area contributed by atoms with E-state index in [0.29, 0.717) is 0 Å². The molecule has 1 nitrogen and oxygen atoms in total. The van der Waals surface area contributed by atoms with Crippen LogP contribution in [0.3, 0.4) is 0 Å². The van der Waals surface area contributed by atoms with Gasteiger partial charge in [-0.1, -0.05) is 71.8 Å². The van der Waals surface area contributed by atoms with Crippen LogP contribution in [0.5, 0.6) is 5.75 Å². The van der Waals surface area contributed by atoms with E-state index in [2.05, 4.69) is 86.7 Å². The van der Waals surface area contributed by atoms with E-state index < -0.39 is 0 Å². The van der Waals surface area contributed by atoms with E-state index in [1.165, 1.54) is 50.1 Å². The number of hydrogen-bond donors (Lipinski definition) is 0. The largest absolute Gasteiger partial charge is 0.493 e. The molecule has 0 atom stereocenters. The van der Waals surface area contributed by atoms with Crippen molar-refractivity contribution in [1.29, 1.82) is 0 Å². The molecule has 2 aliphatic rings. The lowest BCUT2D eigenvalue weighted by Gasteiger charge is -2.19. The van der Waals surface area contributed by atoms with Gasteiger partial charge < -0.3 is 4.74 Å². The van der Waals surface area contributed by atoms with E-state index in [0.717, 1.165) is 18.8 Å². The molecule has 0 saturated carbocycles.